The monoisotopic (exact) mass is 282 g/mol. The Bertz CT molecular complexity index is 311. The van der Waals surface area contributed by atoms with Crippen LogP contribution in [0.2, 0.25) is 0 Å². The first-order valence-electron chi connectivity index (χ1n) is 6.36. The summed E-state index contributed by atoms with van der Waals surface area (Å²) < 4.78 is 26.4. The Labute approximate surface area is 110 Å². The molecule has 1 heterocycles. The van der Waals surface area contributed by atoms with Gasteiger partial charge in [0.2, 0.25) is 10.0 Å². The molecule has 0 aromatic heterocycles. The topological polar surface area (TPSA) is 58.2 Å². The van der Waals surface area contributed by atoms with E-state index in [-0.39, 0.29) is 18.4 Å². The van der Waals surface area contributed by atoms with Crippen molar-refractivity contribution in [1.29, 1.82) is 0 Å². The van der Waals surface area contributed by atoms with Gasteiger partial charge in [-0.3, -0.25) is 0 Å². The summed E-state index contributed by atoms with van der Waals surface area (Å²) in [5.41, 5.74) is 0. The molecule has 0 unspecified atom stereocenters. The summed E-state index contributed by atoms with van der Waals surface area (Å²) in [6, 6.07) is 0.111. The highest BCUT2D eigenvalue weighted by molar-refractivity contribution is 7.89. The molecule has 0 aromatic carbocycles. The predicted molar refractivity (Wildman–Crippen MR) is 72.0 cm³/mol. The minimum atomic E-state index is -3.04. The first-order chi connectivity index (χ1) is 7.66. The van der Waals surface area contributed by atoms with Crippen molar-refractivity contribution in [1.82, 2.24) is 10.0 Å². The number of nitrogens with one attached hydrogen (secondary N) is 2. The minimum Gasteiger partial charge on any atom is -0.315 e. The molecule has 2 N–H and O–H groups in total. The second kappa shape index (κ2) is 6.92. The van der Waals surface area contributed by atoms with E-state index in [1.54, 1.807) is 0 Å². The van der Waals surface area contributed by atoms with Gasteiger partial charge in [-0.05, 0) is 31.7 Å². The van der Waals surface area contributed by atoms with E-state index in [2.05, 4.69) is 10.0 Å². The van der Waals surface area contributed by atoms with E-state index in [0.29, 0.717) is 11.7 Å². The fourth-order valence-corrected chi connectivity index (χ4v) is 3.84. The summed E-state index contributed by atoms with van der Waals surface area (Å²) in [7, 11) is -3.04. The fraction of sp³-hybridized carbons (Fsp3) is 1.00. The van der Waals surface area contributed by atoms with E-state index < -0.39 is 10.0 Å². The Morgan fingerprint density at radius 2 is 1.94 bits per heavy atom. The van der Waals surface area contributed by atoms with Crippen LogP contribution in [-0.2, 0) is 10.0 Å². The van der Waals surface area contributed by atoms with Crippen LogP contribution in [-0.4, -0.2) is 33.3 Å². The summed E-state index contributed by atoms with van der Waals surface area (Å²) in [5, 5.41) is 3.22. The molecule has 1 aliphatic heterocycles. The molecule has 2 fully saturated rings. The molecule has 2 aliphatic rings. The first kappa shape index (κ1) is 15.2. The van der Waals surface area contributed by atoms with Crippen molar-refractivity contribution >= 4 is 22.4 Å². The third-order valence-corrected chi connectivity index (χ3v) is 5.13. The Hall–Kier alpha value is 0.160. The van der Waals surface area contributed by atoms with Crippen molar-refractivity contribution < 1.29 is 8.42 Å². The lowest BCUT2D eigenvalue weighted by Crippen LogP contribution is -2.46. The molecule has 1 saturated carbocycles. The van der Waals surface area contributed by atoms with Gasteiger partial charge in [-0.1, -0.05) is 19.3 Å². The lowest BCUT2D eigenvalue weighted by molar-refractivity contribution is 0.307. The highest BCUT2D eigenvalue weighted by Crippen LogP contribution is 2.29. The van der Waals surface area contributed by atoms with Crippen molar-refractivity contribution in [3.8, 4) is 0 Å². The molecule has 2 rings (SSSR count). The molecule has 0 amide bonds. The van der Waals surface area contributed by atoms with Gasteiger partial charge in [0, 0.05) is 12.6 Å². The largest absolute Gasteiger partial charge is 0.315 e. The SMILES string of the molecule is Cl.O=S(=O)(CCC1CCC1)N[C@H]1CCCNC1. The maximum absolute atomic E-state index is 11.8. The Kier molecular flexibility index (Phi) is 6.20. The highest BCUT2D eigenvalue weighted by atomic mass is 35.5. The van der Waals surface area contributed by atoms with Gasteiger partial charge in [-0.15, -0.1) is 12.4 Å². The highest BCUT2D eigenvalue weighted by Gasteiger charge is 2.23. The van der Waals surface area contributed by atoms with Gasteiger partial charge in [-0.25, -0.2) is 13.1 Å². The molecule has 1 atom stereocenters. The van der Waals surface area contributed by atoms with Gasteiger partial charge in [0.05, 0.1) is 5.75 Å². The smallest absolute Gasteiger partial charge is 0.211 e. The van der Waals surface area contributed by atoms with E-state index in [9.17, 15) is 8.42 Å². The molecule has 102 valence electrons. The Morgan fingerprint density at radius 3 is 2.47 bits per heavy atom. The number of sulfonamides is 1. The number of hydrogen-bond donors (Lipinski definition) is 2. The van der Waals surface area contributed by atoms with Gasteiger partial charge in [0.25, 0.3) is 0 Å². The molecule has 1 saturated heterocycles. The van der Waals surface area contributed by atoms with Crippen LogP contribution < -0.4 is 10.0 Å². The predicted octanol–water partition coefficient (Wildman–Crippen LogP) is 1.27. The van der Waals surface area contributed by atoms with E-state index in [1.807, 2.05) is 0 Å². The fourth-order valence-electron chi connectivity index (χ4n) is 2.37. The number of rotatable bonds is 5. The zero-order chi connectivity index (χ0) is 11.4. The van der Waals surface area contributed by atoms with Crippen molar-refractivity contribution in [2.75, 3.05) is 18.8 Å². The second-order valence-electron chi connectivity index (χ2n) is 5.07. The van der Waals surface area contributed by atoms with E-state index in [4.69, 9.17) is 0 Å². The molecule has 1 aliphatic carbocycles. The van der Waals surface area contributed by atoms with Crippen LogP contribution in [0.5, 0.6) is 0 Å². The molecule has 0 spiro atoms. The van der Waals surface area contributed by atoms with Crippen LogP contribution >= 0.6 is 12.4 Å². The van der Waals surface area contributed by atoms with Crippen LogP contribution in [0.3, 0.4) is 0 Å². The van der Waals surface area contributed by atoms with E-state index in [0.717, 1.165) is 32.4 Å². The zero-order valence-corrected chi connectivity index (χ0v) is 11.8. The van der Waals surface area contributed by atoms with Gasteiger partial charge in [0.15, 0.2) is 0 Å². The zero-order valence-electron chi connectivity index (χ0n) is 10.2. The summed E-state index contributed by atoms with van der Waals surface area (Å²) in [6.07, 6.45) is 6.60. The normalized spacial score (nSPS) is 26.0. The average Bonchev–Trinajstić information content (AvgIpc) is 2.15. The van der Waals surface area contributed by atoms with Gasteiger partial charge in [-0.2, -0.15) is 0 Å². The van der Waals surface area contributed by atoms with Gasteiger partial charge in [0.1, 0.15) is 0 Å². The minimum absolute atomic E-state index is 0. The Balaban J connectivity index is 0.00000144. The van der Waals surface area contributed by atoms with Crippen molar-refractivity contribution in [2.45, 2.75) is 44.6 Å². The molecule has 6 heteroatoms. The third kappa shape index (κ3) is 5.12. The van der Waals surface area contributed by atoms with Crippen LogP contribution in [0, 0.1) is 5.92 Å². The Morgan fingerprint density at radius 1 is 1.18 bits per heavy atom. The summed E-state index contributed by atoms with van der Waals surface area (Å²) in [5.74, 6) is 0.981. The van der Waals surface area contributed by atoms with Gasteiger partial charge < -0.3 is 5.32 Å². The van der Waals surface area contributed by atoms with Crippen molar-refractivity contribution in [2.24, 2.45) is 5.92 Å². The van der Waals surface area contributed by atoms with Crippen LogP contribution in [0.15, 0.2) is 0 Å². The summed E-state index contributed by atoms with van der Waals surface area (Å²) >= 11 is 0. The second-order valence-corrected chi connectivity index (χ2v) is 6.94. The molecule has 17 heavy (non-hydrogen) atoms. The molecule has 4 nitrogen and oxygen atoms in total. The maximum atomic E-state index is 11.8. The molecular weight excluding hydrogens is 260 g/mol. The van der Waals surface area contributed by atoms with Crippen LogP contribution in [0.1, 0.15) is 38.5 Å². The lowest BCUT2D eigenvalue weighted by atomic mass is 9.84. The maximum Gasteiger partial charge on any atom is 0.211 e. The number of piperidine rings is 1. The number of halogens is 1. The van der Waals surface area contributed by atoms with Crippen LogP contribution in [0.4, 0.5) is 0 Å². The average molecular weight is 283 g/mol. The van der Waals surface area contributed by atoms with Crippen LogP contribution in [0.25, 0.3) is 0 Å². The van der Waals surface area contributed by atoms with E-state index in [1.165, 1.54) is 19.3 Å². The standard InChI is InChI=1S/C11H22N2O2S.ClH/c14-16(15,8-6-10-3-1-4-10)13-11-5-2-7-12-9-11;/h10-13H,1-9H2;1H/t11-;/m0./s1. The summed E-state index contributed by atoms with van der Waals surface area (Å²) in [4.78, 5) is 0. The first-order valence-corrected chi connectivity index (χ1v) is 8.02. The molecular formula is C11H23ClN2O2S. The summed E-state index contributed by atoms with van der Waals surface area (Å²) in [6.45, 7) is 1.79. The quantitative estimate of drug-likeness (QED) is 0.798. The molecule has 0 aromatic rings. The number of hydrogen-bond acceptors (Lipinski definition) is 3. The molecule has 0 bridgehead atoms. The lowest BCUT2D eigenvalue weighted by Gasteiger charge is -2.26. The van der Waals surface area contributed by atoms with Gasteiger partial charge >= 0.3 is 0 Å². The third-order valence-electron chi connectivity index (χ3n) is 3.66. The van der Waals surface area contributed by atoms with E-state index >= 15 is 0 Å². The van der Waals surface area contributed by atoms with Crippen molar-refractivity contribution in [3.63, 3.8) is 0 Å². The molecule has 0 radical (unpaired) electrons. The van der Waals surface area contributed by atoms with Crippen molar-refractivity contribution in [3.05, 3.63) is 0 Å².